The number of benzene rings is 1. The van der Waals surface area contributed by atoms with Crippen molar-refractivity contribution in [2.45, 2.75) is 26.3 Å². The van der Waals surface area contributed by atoms with Gasteiger partial charge in [0.2, 0.25) is 5.91 Å². The molecule has 0 radical (unpaired) electrons. The van der Waals surface area contributed by atoms with Crippen LogP contribution in [0.5, 0.6) is 5.75 Å². The lowest BCUT2D eigenvalue weighted by Gasteiger charge is -2.26. The smallest absolute Gasteiger partial charge is 0.307 e. The van der Waals surface area contributed by atoms with Gasteiger partial charge in [0.15, 0.2) is 0 Å². The van der Waals surface area contributed by atoms with E-state index < -0.39 is 23.2 Å². The molecule has 1 unspecified atom stereocenters. The Morgan fingerprint density at radius 2 is 2.00 bits per heavy atom. The summed E-state index contributed by atoms with van der Waals surface area (Å²) in [5.74, 6) is -1.26. The van der Waals surface area contributed by atoms with E-state index in [1.165, 1.54) is 0 Å². The molecule has 0 spiro atoms. The summed E-state index contributed by atoms with van der Waals surface area (Å²) >= 11 is 0. The molecule has 1 fully saturated rings. The average molecular weight is 289 g/mol. The zero-order chi connectivity index (χ0) is 15.2. The lowest BCUT2D eigenvalue weighted by atomic mass is 10.0. The Balaban J connectivity index is 1.64. The summed E-state index contributed by atoms with van der Waals surface area (Å²) in [6, 6.07) is 7.66. The molecular formula is C16H19NO4. The number of ether oxygens (including phenoxy) is 1. The second-order valence-corrected chi connectivity index (χ2v) is 6.44. The molecular weight excluding hydrogens is 270 g/mol. The van der Waals surface area contributed by atoms with Crippen molar-refractivity contribution in [1.29, 1.82) is 0 Å². The van der Waals surface area contributed by atoms with Crippen LogP contribution in [0, 0.1) is 17.3 Å². The fraction of sp³-hybridized carbons (Fsp3) is 0.500. The van der Waals surface area contributed by atoms with Gasteiger partial charge in [-0.15, -0.1) is 0 Å². The molecule has 2 aliphatic rings. The van der Waals surface area contributed by atoms with Crippen LogP contribution in [-0.4, -0.2) is 29.6 Å². The minimum atomic E-state index is -0.898. The summed E-state index contributed by atoms with van der Waals surface area (Å²) in [4.78, 5) is 23.4. The molecule has 1 saturated carbocycles. The number of amides is 1. The van der Waals surface area contributed by atoms with Gasteiger partial charge < -0.3 is 15.2 Å². The van der Waals surface area contributed by atoms with Crippen LogP contribution in [-0.2, 0) is 16.0 Å². The zero-order valence-electron chi connectivity index (χ0n) is 12.1. The van der Waals surface area contributed by atoms with Gasteiger partial charge in [0.05, 0.1) is 17.9 Å². The van der Waals surface area contributed by atoms with Crippen LogP contribution in [0.25, 0.3) is 0 Å². The summed E-state index contributed by atoms with van der Waals surface area (Å²) in [6.45, 7) is 4.07. The van der Waals surface area contributed by atoms with E-state index in [0.717, 1.165) is 11.3 Å². The topological polar surface area (TPSA) is 75.6 Å². The fourth-order valence-electron chi connectivity index (χ4n) is 3.30. The summed E-state index contributed by atoms with van der Waals surface area (Å²) in [5.41, 5.74) is 0.600. The molecule has 0 bridgehead atoms. The predicted octanol–water partition coefficient (Wildman–Crippen LogP) is 1.46. The van der Waals surface area contributed by atoms with Crippen LogP contribution in [0.4, 0.5) is 0 Å². The van der Waals surface area contributed by atoms with Gasteiger partial charge in [0.25, 0.3) is 0 Å². The van der Waals surface area contributed by atoms with Crippen molar-refractivity contribution in [3.8, 4) is 5.75 Å². The van der Waals surface area contributed by atoms with E-state index in [-0.39, 0.29) is 11.9 Å². The molecule has 1 amide bonds. The molecule has 3 rings (SSSR count). The molecule has 1 heterocycles. The molecule has 1 aliphatic carbocycles. The maximum absolute atomic E-state index is 12.3. The van der Waals surface area contributed by atoms with Crippen molar-refractivity contribution in [1.82, 2.24) is 5.32 Å². The molecule has 0 aromatic heterocycles. The van der Waals surface area contributed by atoms with Crippen molar-refractivity contribution in [3.63, 3.8) is 0 Å². The number of para-hydroxylation sites is 1. The van der Waals surface area contributed by atoms with Gasteiger partial charge >= 0.3 is 5.97 Å². The molecule has 5 nitrogen and oxygen atoms in total. The number of carbonyl (C=O) groups is 2. The van der Waals surface area contributed by atoms with E-state index in [1.807, 2.05) is 38.1 Å². The molecule has 1 aromatic carbocycles. The van der Waals surface area contributed by atoms with Crippen molar-refractivity contribution in [2.75, 3.05) is 6.61 Å². The first-order chi connectivity index (χ1) is 9.91. The number of carboxylic acid groups (broad SMARTS) is 1. The Bertz CT molecular complexity index is 596. The van der Waals surface area contributed by atoms with E-state index in [1.54, 1.807) is 0 Å². The van der Waals surface area contributed by atoms with Gasteiger partial charge in [-0.05, 0) is 23.5 Å². The molecule has 5 heteroatoms. The van der Waals surface area contributed by atoms with Crippen LogP contribution >= 0.6 is 0 Å². The number of fused-ring (bicyclic) bond motifs is 1. The Hall–Kier alpha value is -2.04. The maximum Gasteiger partial charge on any atom is 0.307 e. The lowest BCUT2D eigenvalue weighted by Crippen LogP contribution is -2.44. The maximum atomic E-state index is 12.3. The van der Waals surface area contributed by atoms with Crippen LogP contribution in [0.15, 0.2) is 24.3 Å². The monoisotopic (exact) mass is 289 g/mol. The Kier molecular flexibility index (Phi) is 3.15. The molecule has 0 saturated heterocycles. The third-order valence-electron chi connectivity index (χ3n) is 4.60. The highest BCUT2D eigenvalue weighted by molar-refractivity contribution is 5.91. The van der Waals surface area contributed by atoms with Gasteiger partial charge in [0, 0.05) is 0 Å². The van der Waals surface area contributed by atoms with E-state index in [0.29, 0.717) is 13.0 Å². The van der Waals surface area contributed by atoms with E-state index in [4.69, 9.17) is 9.84 Å². The largest absolute Gasteiger partial charge is 0.491 e. The second kappa shape index (κ2) is 4.76. The minimum absolute atomic E-state index is 0.0988. The second-order valence-electron chi connectivity index (χ2n) is 6.44. The van der Waals surface area contributed by atoms with Gasteiger partial charge in [-0.1, -0.05) is 32.0 Å². The third kappa shape index (κ3) is 2.37. The number of hydrogen-bond donors (Lipinski definition) is 2. The number of carbonyl (C=O) groups excluding carboxylic acids is 1. The normalized spacial score (nSPS) is 29.0. The molecule has 21 heavy (non-hydrogen) atoms. The Morgan fingerprint density at radius 3 is 2.67 bits per heavy atom. The summed E-state index contributed by atoms with van der Waals surface area (Å²) in [5, 5.41) is 12.1. The highest BCUT2D eigenvalue weighted by Gasteiger charge is 2.66. The van der Waals surface area contributed by atoms with Crippen LogP contribution in [0.3, 0.4) is 0 Å². The number of nitrogens with one attached hydrogen (secondary N) is 1. The highest BCUT2D eigenvalue weighted by atomic mass is 16.5. The SMILES string of the molecule is CC1(C)[C@H](C(=O)O)[C@@H]1C(=O)NC1COc2ccccc2C1. The number of rotatable bonds is 3. The summed E-state index contributed by atoms with van der Waals surface area (Å²) in [7, 11) is 0. The molecule has 1 aromatic rings. The average Bonchev–Trinajstić information content (AvgIpc) is 3.02. The van der Waals surface area contributed by atoms with Crippen LogP contribution in [0.1, 0.15) is 19.4 Å². The number of aliphatic carboxylic acids is 1. The van der Waals surface area contributed by atoms with Crippen molar-refractivity contribution < 1.29 is 19.4 Å². The third-order valence-corrected chi connectivity index (χ3v) is 4.60. The van der Waals surface area contributed by atoms with Crippen LogP contribution in [0.2, 0.25) is 0 Å². The molecule has 3 atom stereocenters. The number of carboxylic acids is 1. The van der Waals surface area contributed by atoms with Crippen LogP contribution < -0.4 is 10.1 Å². The van der Waals surface area contributed by atoms with Gasteiger partial charge in [-0.3, -0.25) is 9.59 Å². The fourth-order valence-corrected chi connectivity index (χ4v) is 3.30. The van der Waals surface area contributed by atoms with Crippen molar-refractivity contribution in [3.05, 3.63) is 29.8 Å². The minimum Gasteiger partial charge on any atom is -0.491 e. The van der Waals surface area contributed by atoms with E-state index >= 15 is 0 Å². The van der Waals surface area contributed by atoms with Crippen molar-refractivity contribution in [2.24, 2.45) is 17.3 Å². The van der Waals surface area contributed by atoms with E-state index in [9.17, 15) is 9.59 Å². The van der Waals surface area contributed by atoms with Crippen molar-refractivity contribution >= 4 is 11.9 Å². The van der Waals surface area contributed by atoms with Gasteiger partial charge in [0.1, 0.15) is 12.4 Å². The van der Waals surface area contributed by atoms with E-state index in [2.05, 4.69) is 5.32 Å². The first kappa shape index (κ1) is 13.9. The first-order valence-electron chi connectivity index (χ1n) is 7.15. The summed E-state index contributed by atoms with van der Waals surface area (Å²) < 4.78 is 5.63. The molecule has 2 N–H and O–H groups in total. The highest BCUT2D eigenvalue weighted by Crippen LogP contribution is 2.58. The number of hydrogen-bond acceptors (Lipinski definition) is 3. The zero-order valence-corrected chi connectivity index (χ0v) is 12.1. The summed E-state index contributed by atoms with van der Waals surface area (Å²) in [6.07, 6.45) is 0.715. The standard InChI is InChI=1S/C16H19NO4/c1-16(2)12(13(16)15(19)20)14(18)17-10-7-9-5-3-4-6-11(9)21-8-10/h3-6,10,12-13H,7-8H2,1-2H3,(H,17,18)(H,19,20)/t10?,12-,13+/m1/s1. The molecule has 112 valence electrons. The predicted molar refractivity (Wildman–Crippen MR) is 76.0 cm³/mol. The Morgan fingerprint density at radius 1 is 1.29 bits per heavy atom. The molecule has 1 aliphatic heterocycles. The van der Waals surface area contributed by atoms with Gasteiger partial charge in [-0.2, -0.15) is 0 Å². The lowest BCUT2D eigenvalue weighted by molar-refractivity contribution is -0.140. The van der Waals surface area contributed by atoms with Gasteiger partial charge in [-0.25, -0.2) is 0 Å². The Labute approximate surface area is 123 Å². The quantitative estimate of drug-likeness (QED) is 0.883. The first-order valence-corrected chi connectivity index (χ1v) is 7.15.